The molecule has 0 fully saturated rings. The molecule has 0 heterocycles. The quantitative estimate of drug-likeness (QED) is 0.501. The molecule has 0 aromatic rings. The lowest BCUT2D eigenvalue weighted by Crippen LogP contribution is -2.14. The molecule has 0 amide bonds. The molecular weight excluding hydrogens is 174 g/mol. The van der Waals surface area contributed by atoms with Gasteiger partial charge in [-0.1, -0.05) is 11.6 Å². The fraction of sp³-hybridized carbons (Fsp3) is 1.00. The van der Waals surface area contributed by atoms with Crippen LogP contribution in [0.25, 0.3) is 0 Å². The lowest BCUT2D eigenvalue weighted by atomic mass is 10.2. The van der Waals surface area contributed by atoms with E-state index in [1.165, 1.54) is 0 Å². The van der Waals surface area contributed by atoms with Gasteiger partial charge in [-0.05, 0) is 20.8 Å². The lowest BCUT2D eigenvalue weighted by Gasteiger charge is -2.07. The van der Waals surface area contributed by atoms with E-state index in [-0.39, 0.29) is 6.07 Å². The van der Waals surface area contributed by atoms with Crippen LogP contribution >= 0.6 is 19.9 Å². The zero-order chi connectivity index (χ0) is 8.20. The Bertz CT molecular complexity index is 121. The molecule has 0 saturated carbocycles. The van der Waals surface area contributed by atoms with Crippen LogP contribution in [0.4, 0.5) is 0 Å². The standard InChI is InChI=1S/C5H11ClO3P/c1-5(2,3)9-10(7)8-4-6/h4H2,1-3H3/q+1. The highest BCUT2D eigenvalue weighted by Gasteiger charge is 2.29. The Hall–Kier alpha value is 0.310. The normalized spacial score (nSPS) is 13.4. The molecule has 5 heteroatoms. The van der Waals surface area contributed by atoms with Gasteiger partial charge in [-0.15, -0.1) is 9.05 Å². The van der Waals surface area contributed by atoms with E-state index in [4.69, 9.17) is 16.1 Å². The summed E-state index contributed by atoms with van der Waals surface area (Å²) in [4.78, 5) is 0. The van der Waals surface area contributed by atoms with Gasteiger partial charge >= 0.3 is 8.25 Å². The zero-order valence-corrected chi connectivity index (χ0v) is 7.91. The van der Waals surface area contributed by atoms with E-state index in [0.717, 1.165) is 0 Å². The molecule has 0 rings (SSSR count). The van der Waals surface area contributed by atoms with Crippen LogP contribution in [0, 0.1) is 0 Å². The molecule has 0 spiro atoms. The number of rotatable bonds is 3. The van der Waals surface area contributed by atoms with E-state index in [1.807, 2.05) is 0 Å². The van der Waals surface area contributed by atoms with E-state index < -0.39 is 13.9 Å². The zero-order valence-electron chi connectivity index (χ0n) is 6.26. The summed E-state index contributed by atoms with van der Waals surface area (Å²) >= 11 is 5.14. The van der Waals surface area contributed by atoms with Crippen LogP contribution in [0.2, 0.25) is 0 Å². The Labute approximate surface area is 66.6 Å². The number of hydrogen-bond acceptors (Lipinski definition) is 3. The van der Waals surface area contributed by atoms with Gasteiger partial charge in [-0.3, -0.25) is 0 Å². The molecule has 0 N–H and O–H groups in total. The van der Waals surface area contributed by atoms with Crippen LogP contribution in [0.1, 0.15) is 20.8 Å². The summed E-state index contributed by atoms with van der Waals surface area (Å²) in [6.07, 6.45) is 0. The highest BCUT2D eigenvalue weighted by Crippen LogP contribution is 2.30. The Morgan fingerprint density at radius 1 is 1.50 bits per heavy atom. The number of halogens is 1. The van der Waals surface area contributed by atoms with Crippen LogP contribution in [-0.4, -0.2) is 11.7 Å². The first kappa shape index (κ1) is 10.3. The maximum absolute atomic E-state index is 10.7. The maximum atomic E-state index is 10.7. The minimum absolute atomic E-state index is 0.106. The van der Waals surface area contributed by atoms with Crippen molar-refractivity contribution in [2.75, 3.05) is 6.07 Å². The van der Waals surface area contributed by atoms with Gasteiger partial charge in [0.15, 0.2) is 6.07 Å². The van der Waals surface area contributed by atoms with Gasteiger partial charge in [0.2, 0.25) is 0 Å². The average Bonchev–Trinajstić information content (AvgIpc) is 1.59. The Kier molecular flexibility index (Phi) is 4.37. The second-order valence-electron chi connectivity index (χ2n) is 2.67. The molecule has 0 aliphatic carbocycles. The van der Waals surface area contributed by atoms with Gasteiger partial charge in [0.25, 0.3) is 0 Å². The first-order valence-corrected chi connectivity index (χ1v) is 4.44. The van der Waals surface area contributed by atoms with Gasteiger partial charge in [0, 0.05) is 4.57 Å². The molecule has 0 aliphatic heterocycles. The summed E-state index contributed by atoms with van der Waals surface area (Å²) in [5, 5.41) is 0. The summed E-state index contributed by atoms with van der Waals surface area (Å²) < 4.78 is 20.0. The van der Waals surface area contributed by atoms with Crippen LogP contribution in [-0.2, 0) is 13.6 Å². The fourth-order valence-corrected chi connectivity index (χ4v) is 1.11. The Balaban J connectivity index is 3.58. The second kappa shape index (κ2) is 4.24. The molecule has 3 nitrogen and oxygen atoms in total. The molecule has 1 unspecified atom stereocenters. The summed E-state index contributed by atoms with van der Waals surface area (Å²) in [7, 11) is -2.05. The van der Waals surface area contributed by atoms with Crippen molar-refractivity contribution in [2.45, 2.75) is 26.4 Å². The largest absolute Gasteiger partial charge is 0.699 e. The second-order valence-corrected chi connectivity index (χ2v) is 3.77. The van der Waals surface area contributed by atoms with Crippen LogP contribution in [0.3, 0.4) is 0 Å². The topological polar surface area (TPSA) is 35.5 Å². The fourth-order valence-electron chi connectivity index (χ4n) is 0.290. The van der Waals surface area contributed by atoms with Crippen molar-refractivity contribution in [3.8, 4) is 0 Å². The molecule has 0 bridgehead atoms. The third-order valence-electron chi connectivity index (χ3n) is 0.503. The third-order valence-corrected chi connectivity index (χ3v) is 1.80. The van der Waals surface area contributed by atoms with Gasteiger partial charge in [0.05, 0.1) is 0 Å². The lowest BCUT2D eigenvalue weighted by molar-refractivity contribution is 0.114. The SMILES string of the molecule is CC(C)(C)O[P+](=O)OCCl. The number of hydrogen-bond donors (Lipinski definition) is 0. The van der Waals surface area contributed by atoms with E-state index >= 15 is 0 Å². The Morgan fingerprint density at radius 2 is 2.00 bits per heavy atom. The van der Waals surface area contributed by atoms with Crippen molar-refractivity contribution in [1.29, 1.82) is 0 Å². The molecule has 10 heavy (non-hydrogen) atoms. The maximum Gasteiger partial charge on any atom is 0.699 e. The van der Waals surface area contributed by atoms with Crippen molar-refractivity contribution in [3.63, 3.8) is 0 Å². The first-order valence-electron chi connectivity index (χ1n) is 2.81. The molecule has 0 aromatic heterocycles. The monoisotopic (exact) mass is 185 g/mol. The van der Waals surface area contributed by atoms with Crippen molar-refractivity contribution >= 4 is 19.9 Å². The van der Waals surface area contributed by atoms with Crippen molar-refractivity contribution in [1.82, 2.24) is 0 Å². The minimum atomic E-state index is -2.05. The molecule has 0 aromatic carbocycles. The van der Waals surface area contributed by atoms with Crippen molar-refractivity contribution in [2.24, 2.45) is 0 Å². The summed E-state index contributed by atoms with van der Waals surface area (Å²) in [6, 6.07) is -0.106. The minimum Gasteiger partial charge on any atom is -0.113 e. The number of alkyl halides is 1. The summed E-state index contributed by atoms with van der Waals surface area (Å²) in [5.74, 6) is 0. The first-order chi connectivity index (χ1) is 4.45. The van der Waals surface area contributed by atoms with Crippen LogP contribution in [0.15, 0.2) is 0 Å². The van der Waals surface area contributed by atoms with Crippen LogP contribution < -0.4 is 0 Å². The highest BCUT2D eigenvalue weighted by molar-refractivity contribution is 7.33. The highest BCUT2D eigenvalue weighted by atomic mass is 35.5. The third kappa shape index (κ3) is 6.43. The average molecular weight is 186 g/mol. The molecular formula is C5H11ClO3P+. The van der Waals surface area contributed by atoms with Gasteiger partial charge < -0.3 is 0 Å². The molecule has 0 saturated heterocycles. The van der Waals surface area contributed by atoms with E-state index in [0.29, 0.717) is 0 Å². The Morgan fingerprint density at radius 3 is 2.30 bits per heavy atom. The van der Waals surface area contributed by atoms with E-state index in [1.54, 1.807) is 20.8 Å². The van der Waals surface area contributed by atoms with E-state index in [9.17, 15) is 4.57 Å². The molecule has 60 valence electrons. The summed E-state index contributed by atoms with van der Waals surface area (Å²) in [6.45, 7) is 5.37. The van der Waals surface area contributed by atoms with Gasteiger partial charge in [0.1, 0.15) is 5.60 Å². The van der Waals surface area contributed by atoms with Crippen LogP contribution in [0.5, 0.6) is 0 Å². The smallest absolute Gasteiger partial charge is 0.113 e. The molecule has 0 radical (unpaired) electrons. The van der Waals surface area contributed by atoms with Crippen molar-refractivity contribution < 1.29 is 13.6 Å². The predicted octanol–water partition coefficient (Wildman–Crippen LogP) is 2.67. The van der Waals surface area contributed by atoms with Gasteiger partial charge in [-0.25, -0.2) is 0 Å². The van der Waals surface area contributed by atoms with E-state index in [2.05, 4.69) is 4.52 Å². The molecule has 1 atom stereocenters. The van der Waals surface area contributed by atoms with Crippen molar-refractivity contribution in [3.05, 3.63) is 0 Å². The predicted molar refractivity (Wildman–Crippen MR) is 40.2 cm³/mol. The molecule has 0 aliphatic rings. The summed E-state index contributed by atoms with van der Waals surface area (Å²) in [5.41, 5.74) is -0.445. The van der Waals surface area contributed by atoms with Gasteiger partial charge in [-0.2, -0.15) is 0 Å².